The van der Waals surface area contributed by atoms with E-state index in [-0.39, 0.29) is 17.8 Å². The quantitative estimate of drug-likeness (QED) is 0.616. The fraction of sp³-hybridized carbons (Fsp3) is 1.00. The van der Waals surface area contributed by atoms with Gasteiger partial charge in [-0.05, 0) is 26.7 Å². The van der Waals surface area contributed by atoms with E-state index >= 15 is 0 Å². The highest BCUT2D eigenvalue weighted by atomic mass is 16.7. The van der Waals surface area contributed by atoms with Crippen LogP contribution in [0.1, 0.15) is 26.7 Å². The van der Waals surface area contributed by atoms with E-state index in [1.165, 1.54) is 0 Å². The summed E-state index contributed by atoms with van der Waals surface area (Å²) in [5, 5.41) is 9.33. The zero-order chi connectivity index (χ0) is 10.6. The third-order valence-electron chi connectivity index (χ3n) is 2.83. The van der Waals surface area contributed by atoms with Crippen LogP contribution in [0, 0.1) is 5.41 Å². The van der Waals surface area contributed by atoms with Crippen molar-refractivity contribution >= 4 is 0 Å². The smallest absolute Gasteiger partial charge is 0.164 e. The molecule has 1 aliphatic rings. The van der Waals surface area contributed by atoms with Crippen molar-refractivity contribution in [2.24, 2.45) is 11.1 Å². The minimum absolute atomic E-state index is 0.161. The van der Waals surface area contributed by atoms with Crippen LogP contribution < -0.4 is 5.73 Å². The lowest BCUT2D eigenvalue weighted by atomic mass is 9.66. The molecule has 4 nitrogen and oxygen atoms in total. The fourth-order valence-corrected chi connectivity index (χ4v) is 2.04. The van der Waals surface area contributed by atoms with Crippen molar-refractivity contribution in [3.05, 3.63) is 0 Å². The summed E-state index contributed by atoms with van der Waals surface area (Å²) in [5.41, 5.74) is 5.56. The van der Waals surface area contributed by atoms with Crippen molar-refractivity contribution in [1.82, 2.24) is 0 Å². The Bertz CT molecular complexity index is 163. The molecule has 0 radical (unpaired) electrons. The Labute approximate surface area is 85.4 Å². The van der Waals surface area contributed by atoms with E-state index in [0.29, 0.717) is 32.6 Å². The molecular weight excluding hydrogens is 182 g/mol. The van der Waals surface area contributed by atoms with Crippen LogP contribution in [0.25, 0.3) is 0 Å². The van der Waals surface area contributed by atoms with Crippen LogP contribution in [0.3, 0.4) is 0 Å². The Balaban J connectivity index is 2.54. The predicted octanol–water partition coefficient (Wildman–Crippen LogP) is 0.485. The maximum atomic E-state index is 9.33. The third-order valence-corrected chi connectivity index (χ3v) is 2.83. The highest BCUT2D eigenvalue weighted by Gasteiger charge is 2.49. The lowest BCUT2D eigenvalue weighted by Gasteiger charge is -2.48. The van der Waals surface area contributed by atoms with Crippen LogP contribution in [0.5, 0.6) is 0 Å². The van der Waals surface area contributed by atoms with Gasteiger partial charge in [0.25, 0.3) is 0 Å². The normalized spacial score (nSPS) is 31.9. The Morgan fingerprint density at radius 1 is 1.36 bits per heavy atom. The maximum absolute atomic E-state index is 9.33. The molecule has 1 aliphatic carbocycles. The minimum Gasteiger partial charge on any atom is -0.393 e. The average molecular weight is 203 g/mol. The van der Waals surface area contributed by atoms with Gasteiger partial charge in [-0.1, -0.05) is 0 Å². The van der Waals surface area contributed by atoms with Gasteiger partial charge >= 0.3 is 0 Å². The lowest BCUT2D eigenvalue weighted by Crippen LogP contribution is -2.55. The highest BCUT2D eigenvalue weighted by molar-refractivity contribution is 4.97. The molecule has 0 atom stereocenters. The predicted molar refractivity (Wildman–Crippen MR) is 53.8 cm³/mol. The first-order valence-corrected chi connectivity index (χ1v) is 5.30. The molecule has 1 fully saturated rings. The van der Waals surface area contributed by atoms with Crippen molar-refractivity contribution in [3.8, 4) is 0 Å². The van der Waals surface area contributed by atoms with Gasteiger partial charge in [-0.15, -0.1) is 0 Å². The van der Waals surface area contributed by atoms with Gasteiger partial charge in [0.1, 0.15) is 0 Å². The summed E-state index contributed by atoms with van der Waals surface area (Å²) in [4.78, 5) is 0. The number of nitrogens with two attached hydrogens (primary N) is 1. The first kappa shape index (κ1) is 11.9. The van der Waals surface area contributed by atoms with Crippen molar-refractivity contribution in [2.45, 2.75) is 39.1 Å². The van der Waals surface area contributed by atoms with E-state index in [1.54, 1.807) is 0 Å². The summed E-state index contributed by atoms with van der Waals surface area (Å²) in [6.07, 6.45) is 0.885. The molecule has 3 N–H and O–H groups in total. The monoisotopic (exact) mass is 203 g/mol. The van der Waals surface area contributed by atoms with E-state index in [4.69, 9.17) is 15.2 Å². The molecule has 0 amide bonds. The summed E-state index contributed by atoms with van der Waals surface area (Å²) in [7, 11) is 0. The van der Waals surface area contributed by atoms with Crippen molar-refractivity contribution in [3.63, 3.8) is 0 Å². The second-order valence-electron chi connectivity index (χ2n) is 3.87. The zero-order valence-corrected chi connectivity index (χ0v) is 9.03. The van der Waals surface area contributed by atoms with Crippen LogP contribution in [0.2, 0.25) is 0 Å². The Kier molecular flexibility index (Phi) is 4.31. The zero-order valence-electron chi connectivity index (χ0n) is 9.03. The van der Waals surface area contributed by atoms with Gasteiger partial charge in [0.15, 0.2) is 6.29 Å². The molecule has 0 bridgehead atoms. The largest absolute Gasteiger partial charge is 0.393 e. The molecule has 0 saturated heterocycles. The van der Waals surface area contributed by atoms with Crippen LogP contribution >= 0.6 is 0 Å². The lowest BCUT2D eigenvalue weighted by molar-refractivity contribution is -0.242. The highest BCUT2D eigenvalue weighted by Crippen LogP contribution is 2.44. The van der Waals surface area contributed by atoms with Gasteiger partial charge in [0, 0.05) is 25.2 Å². The van der Waals surface area contributed by atoms with Gasteiger partial charge < -0.3 is 20.3 Å². The van der Waals surface area contributed by atoms with E-state index < -0.39 is 0 Å². The van der Waals surface area contributed by atoms with Crippen molar-refractivity contribution < 1.29 is 14.6 Å². The number of ether oxygens (including phenoxy) is 2. The molecule has 0 aromatic heterocycles. The van der Waals surface area contributed by atoms with E-state index in [2.05, 4.69) is 0 Å². The Morgan fingerprint density at radius 3 is 2.14 bits per heavy atom. The number of rotatable bonds is 6. The summed E-state index contributed by atoms with van der Waals surface area (Å²) in [6.45, 7) is 5.61. The molecule has 0 aliphatic heterocycles. The summed E-state index contributed by atoms with van der Waals surface area (Å²) in [6, 6.07) is 0. The summed E-state index contributed by atoms with van der Waals surface area (Å²) < 4.78 is 11.0. The van der Waals surface area contributed by atoms with E-state index in [9.17, 15) is 5.11 Å². The first-order chi connectivity index (χ1) is 6.68. The molecule has 1 rings (SSSR count). The topological polar surface area (TPSA) is 64.7 Å². The van der Waals surface area contributed by atoms with Crippen LogP contribution in [-0.4, -0.2) is 37.3 Å². The second kappa shape index (κ2) is 5.07. The van der Waals surface area contributed by atoms with Crippen LogP contribution in [0.4, 0.5) is 0 Å². The summed E-state index contributed by atoms with van der Waals surface area (Å²) in [5.74, 6) is 0. The minimum atomic E-state index is -0.258. The Hall–Kier alpha value is -0.160. The van der Waals surface area contributed by atoms with Crippen molar-refractivity contribution in [1.29, 1.82) is 0 Å². The molecule has 0 aromatic rings. The average Bonchev–Trinajstić information content (AvgIpc) is 2.12. The number of aliphatic hydroxyl groups is 1. The molecule has 1 saturated carbocycles. The van der Waals surface area contributed by atoms with Gasteiger partial charge in [-0.2, -0.15) is 0 Å². The van der Waals surface area contributed by atoms with Crippen LogP contribution in [-0.2, 0) is 9.47 Å². The molecular formula is C10H21NO3. The van der Waals surface area contributed by atoms with Gasteiger partial charge in [-0.3, -0.25) is 0 Å². The van der Waals surface area contributed by atoms with Gasteiger partial charge in [-0.25, -0.2) is 0 Å². The second-order valence-corrected chi connectivity index (χ2v) is 3.87. The SMILES string of the molecule is CCOC(OCC)C1(CN)CC(O)C1. The molecule has 14 heavy (non-hydrogen) atoms. The third kappa shape index (κ3) is 2.25. The van der Waals surface area contributed by atoms with Gasteiger partial charge in [0.2, 0.25) is 0 Å². The molecule has 84 valence electrons. The van der Waals surface area contributed by atoms with E-state index in [0.717, 1.165) is 0 Å². The molecule has 0 heterocycles. The maximum Gasteiger partial charge on any atom is 0.164 e. The fourth-order valence-electron chi connectivity index (χ4n) is 2.04. The van der Waals surface area contributed by atoms with Crippen molar-refractivity contribution in [2.75, 3.05) is 19.8 Å². The van der Waals surface area contributed by atoms with Crippen LogP contribution in [0.15, 0.2) is 0 Å². The summed E-state index contributed by atoms with van der Waals surface area (Å²) >= 11 is 0. The first-order valence-electron chi connectivity index (χ1n) is 5.30. The molecule has 0 unspecified atom stereocenters. The number of aliphatic hydroxyl groups excluding tert-OH is 1. The molecule has 0 aromatic carbocycles. The number of hydrogen-bond donors (Lipinski definition) is 2. The standard InChI is InChI=1S/C10H21NO3/c1-3-13-9(14-4-2)10(7-11)5-8(12)6-10/h8-9,12H,3-7,11H2,1-2H3. The Morgan fingerprint density at radius 2 is 1.86 bits per heavy atom. The molecule has 4 heteroatoms. The number of hydrogen-bond acceptors (Lipinski definition) is 4. The molecule has 0 spiro atoms. The van der Waals surface area contributed by atoms with E-state index in [1.807, 2.05) is 13.8 Å². The van der Waals surface area contributed by atoms with Gasteiger partial charge in [0.05, 0.1) is 6.10 Å².